The molecule has 0 amide bonds. The van der Waals surface area contributed by atoms with E-state index < -0.39 is 17.9 Å². The lowest BCUT2D eigenvalue weighted by Gasteiger charge is -2.12. The maximum Gasteiger partial charge on any atom is 0.573 e. The van der Waals surface area contributed by atoms with Crippen LogP contribution in [0.2, 0.25) is 0 Å². The maximum absolute atomic E-state index is 12.0. The van der Waals surface area contributed by atoms with Crippen molar-refractivity contribution in [2.75, 3.05) is 7.11 Å². The van der Waals surface area contributed by atoms with E-state index >= 15 is 0 Å². The second-order valence-electron chi connectivity index (χ2n) is 2.65. The van der Waals surface area contributed by atoms with Crippen LogP contribution in [0.4, 0.5) is 13.2 Å². The molecule has 90 valence electrons. The first-order valence-corrected chi connectivity index (χ1v) is 5.08. The first-order chi connectivity index (χ1) is 7.37. The van der Waals surface area contributed by atoms with Crippen LogP contribution in [0, 0.1) is 0 Å². The number of hydrogen-bond donors (Lipinski definition) is 1. The van der Waals surface area contributed by atoms with E-state index in [0.717, 1.165) is 6.07 Å². The first kappa shape index (κ1) is 12.9. The predicted octanol–water partition coefficient (Wildman–Crippen LogP) is 2.59. The summed E-state index contributed by atoms with van der Waals surface area (Å²) in [6.45, 7) is 0. The van der Waals surface area contributed by atoms with Crippen molar-refractivity contribution in [3.8, 4) is 17.4 Å². The van der Waals surface area contributed by atoms with Crippen LogP contribution in [0.1, 0.15) is 5.69 Å². The Kier molecular flexibility index (Phi) is 3.84. The summed E-state index contributed by atoms with van der Waals surface area (Å²) < 4.78 is 44.2. The van der Waals surface area contributed by atoms with Crippen molar-refractivity contribution in [3.05, 3.63) is 11.8 Å². The van der Waals surface area contributed by atoms with Gasteiger partial charge in [0.2, 0.25) is 5.75 Å². The Labute approximate surface area is 97.1 Å². The third kappa shape index (κ3) is 3.16. The molecule has 0 spiro atoms. The summed E-state index contributed by atoms with van der Waals surface area (Å²) >= 11 is 3.02. The second-order valence-corrected chi connectivity index (χ2v) is 3.21. The minimum absolute atomic E-state index is 0.206. The number of rotatable bonds is 3. The molecule has 1 aromatic heterocycles. The van der Waals surface area contributed by atoms with Gasteiger partial charge in [0.05, 0.1) is 12.8 Å². The summed E-state index contributed by atoms with van der Waals surface area (Å²) in [5.41, 5.74) is 0.244. The minimum Gasteiger partial charge on any atom is -0.501 e. The lowest BCUT2D eigenvalue weighted by molar-refractivity contribution is -0.275. The molecule has 0 saturated heterocycles. The predicted molar refractivity (Wildman–Crippen MR) is 51.8 cm³/mol. The van der Waals surface area contributed by atoms with E-state index in [0.29, 0.717) is 0 Å². The third-order valence-corrected chi connectivity index (χ3v) is 2.11. The number of methoxy groups -OCH3 is 1. The van der Waals surface area contributed by atoms with Crippen LogP contribution >= 0.6 is 15.9 Å². The molecule has 0 aliphatic heterocycles. The van der Waals surface area contributed by atoms with Crippen molar-refractivity contribution in [1.29, 1.82) is 0 Å². The first-order valence-electron chi connectivity index (χ1n) is 3.96. The molecule has 1 rings (SSSR count). The number of aromatic nitrogens is 1. The Morgan fingerprint density at radius 1 is 1.50 bits per heavy atom. The van der Waals surface area contributed by atoms with Gasteiger partial charge in [-0.3, -0.25) is 0 Å². The maximum atomic E-state index is 12.0. The molecule has 0 aliphatic rings. The van der Waals surface area contributed by atoms with E-state index in [-0.39, 0.29) is 16.9 Å². The molecule has 1 heterocycles. The molecule has 4 nitrogen and oxygen atoms in total. The molecule has 1 N–H and O–H groups in total. The summed E-state index contributed by atoms with van der Waals surface area (Å²) in [4.78, 5) is 3.73. The fraction of sp³-hybridized carbons (Fsp3) is 0.375. The van der Waals surface area contributed by atoms with Crippen LogP contribution in [0.5, 0.6) is 17.4 Å². The number of hydrogen-bond acceptors (Lipinski definition) is 4. The topological polar surface area (TPSA) is 51.6 Å². The van der Waals surface area contributed by atoms with Crippen molar-refractivity contribution < 1.29 is 27.8 Å². The smallest absolute Gasteiger partial charge is 0.501 e. The van der Waals surface area contributed by atoms with Gasteiger partial charge in [-0.25, -0.2) is 4.98 Å². The van der Waals surface area contributed by atoms with Gasteiger partial charge in [-0.15, -0.1) is 13.2 Å². The van der Waals surface area contributed by atoms with Gasteiger partial charge in [0.15, 0.2) is 5.75 Å². The second kappa shape index (κ2) is 4.77. The van der Waals surface area contributed by atoms with Crippen molar-refractivity contribution in [1.82, 2.24) is 4.98 Å². The fourth-order valence-corrected chi connectivity index (χ4v) is 1.24. The largest absolute Gasteiger partial charge is 0.573 e. The molecule has 0 radical (unpaired) electrons. The van der Waals surface area contributed by atoms with Crippen LogP contribution in [-0.2, 0) is 5.33 Å². The number of aromatic hydroxyl groups is 1. The molecule has 0 bridgehead atoms. The zero-order chi connectivity index (χ0) is 12.3. The summed E-state index contributed by atoms with van der Waals surface area (Å²) in [6.07, 6.45) is -4.88. The number of pyridine rings is 1. The van der Waals surface area contributed by atoms with Crippen molar-refractivity contribution in [2.24, 2.45) is 0 Å². The zero-order valence-corrected chi connectivity index (χ0v) is 9.59. The van der Waals surface area contributed by atoms with E-state index in [1.165, 1.54) is 7.11 Å². The third-order valence-electron chi connectivity index (χ3n) is 1.53. The highest BCUT2D eigenvalue weighted by Crippen LogP contribution is 2.38. The van der Waals surface area contributed by atoms with Gasteiger partial charge < -0.3 is 14.6 Å². The molecule has 0 atom stereocenters. The van der Waals surface area contributed by atoms with E-state index in [9.17, 15) is 18.3 Å². The molecule has 0 aliphatic carbocycles. The average Bonchev–Trinajstić information content (AvgIpc) is 2.19. The van der Waals surface area contributed by atoms with Crippen LogP contribution in [0.25, 0.3) is 0 Å². The molecular formula is C8H7BrF3NO3. The van der Waals surface area contributed by atoms with Gasteiger partial charge in [-0.1, -0.05) is 15.9 Å². The Bertz CT molecular complexity index is 384. The average molecular weight is 302 g/mol. The Balaban J connectivity index is 3.16. The normalized spacial score (nSPS) is 11.3. The molecule has 0 unspecified atom stereocenters. The van der Waals surface area contributed by atoms with E-state index in [4.69, 9.17) is 0 Å². The van der Waals surface area contributed by atoms with Crippen molar-refractivity contribution in [2.45, 2.75) is 11.7 Å². The van der Waals surface area contributed by atoms with Crippen LogP contribution < -0.4 is 9.47 Å². The van der Waals surface area contributed by atoms with Crippen LogP contribution in [0.3, 0.4) is 0 Å². The van der Waals surface area contributed by atoms with Crippen LogP contribution in [-0.4, -0.2) is 23.6 Å². The Hall–Kier alpha value is -1.18. The summed E-state index contributed by atoms with van der Waals surface area (Å²) in [5, 5.41) is 9.55. The lowest BCUT2D eigenvalue weighted by atomic mass is 10.3. The number of halogens is 4. The van der Waals surface area contributed by atoms with Crippen molar-refractivity contribution in [3.63, 3.8) is 0 Å². The molecular weight excluding hydrogens is 295 g/mol. The van der Waals surface area contributed by atoms with E-state index in [1.807, 2.05) is 0 Å². The molecule has 16 heavy (non-hydrogen) atoms. The summed E-state index contributed by atoms with van der Waals surface area (Å²) in [5.74, 6) is -1.85. The summed E-state index contributed by atoms with van der Waals surface area (Å²) in [7, 11) is 1.18. The van der Waals surface area contributed by atoms with Gasteiger partial charge in [0.1, 0.15) is 0 Å². The van der Waals surface area contributed by atoms with Crippen molar-refractivity contribution >= 4 is 15.9 Å². The highest BCUT2D eigenvalue weighted by atomic mass is 79.9. The minimum atomic E-state index is -4.88. The van der Waals surface area contributed by atoms with Gasteiger partial charge in [-0.2, -0.15) is 0 Å². The van der Waals surface area contributed by atoms with Crippen LogP contribution in [0.15, 0.2) is 6.07 Å². The van der Waals surface area contributed by atoms with Gasteiger partial charge in [0, 0.05) is 11.4 Å². The zero-order valence-electron chi connectivity index (χ0n) is 8.01. The number of ether oxygens (including phenoxy) is 2. The SMILES string of the molecule is COc1nc(CBr)cc(OC(F)(F)F)c1O. The fourth-order valence-electron chi connectivity index (χ4n) is 0.954. The van der Waals surface area contributed by atoms with Gasteiger partial charge in [0.25, 0.3) is 5.88 Å². The van der Waals surface area contributed by atoms with E-state index in [2.05, 4.69) is 30.4 Å². The quantitative estimate of drug-likeness (QED) is 0.872. The molecule has 8 heteroatoms. The lowest BCUT2D eigenvalue weighted by Crippen LogP contribution is -2.17. The number of nitrogens with zero attached hydrogens (tertiary/aromatic N) is 1. The molecule has 1 aromatic rings. The highest BCUT2D eigenvalue weighted by molar-refractivity contribution is 9.08. The van der Waals surface area contributed by atoms with Gasteiger partial charge >= 0.3 is 6.36 Å². The van der Waals surface area contributed by atoms with Gasteiger partial charge in [-0.05, 0) is 0 Å². The molecule has 0 fully saturated rings. The monoisotopic (exact) mass is 301 g/mol. The Morgan fingerprint density at radius 3 is 2.56 bits per heavy atom. The molecule has 0 aromatic carbocycles. The summed E-state index contributed by atoms with van der Waals surface area (Å²) in [6, 6.07) is 0.972. The van der Waals surface area contributed by atoms with E-state index in [1.54, 1.807) is 0 Å². The molecule has 0 saturated carbocycles. The standard InChI is InChI=1S/C8H7BrF3NO3/c1-15-7-6(14)5(16-8(10,11)12)2-4(3-9)13-7/h2,14H,3H2,1H3. The highest BCUT2D eigenvalue weighted by Gasteiger charge is 2.33. The number of alkyl halides is 4. The Morgan fingerprint density at radius 2 is 2.12 bits per heavy atom.